The number of ether oxygens (including phenoxy) is 1. The highest BCUT2D eigenvalue weighted by Gasteiger charge is 2.25. The van der Waals surface area contributed by atoms with Crippen LogP contribution < -0.4 is 15.4 Å². The summed E-state index contributed by atoms with van der Waals surface area (Å²) in [6.07, 6.45) is 1.42. The van der Waals surface area contributed by atoms with E-state index in [2.05, 4.69) is 10.6 Å². The van der Waals surface area contributed by atoms with E-state index in [0.29, 0.717) is 11.3 Å². The van der Waals surface area contributed by atoms with Crippen LogP contribution in [-0.4, -0.2) is 23.2 Å². The number of hydrogen-bond acceptors (Lipinski definition) is 4. The van der Waals surface area contributed by atoms with Gasteiger partial charge in [-0.15, -0.1) is 0 Å². The highest BCUT2D eigenvalue weighted by atomic mass is 19.1. The van der Waals surface area contributed by atoms with Gasteiger partial charge in [0.2, 0.25) is 6.23 Å². The molecule has 0 fully saturated rings. The summed E-state index contributed by atoms with van der Waals surface area (Å²) in [7, 11) is 0. The average Bonchev–Trinajstić information content (AvgIpc) is 2.68. The van der Waals surface area contributed by atoms with E-state index in [9.17, 15) is 14.0 Å². The molecule has 6 nitrogen and oxygen atoms in total. The van der Waals surface area contributed by atoms with Gasteiger partial charge in [-0.3, -0.25) is 4.79 Å². The molecule has 0 radical (unpaired) electrons. The predicted molar refractivity (Wildman–Crippen MR) is 96.5 cm³/mol. The van der Waals surface area contributed by atoms with Crippen LogP contribution in [0.15, 0.2) is 78.3 Å². The quantitative estimate of drug-likeness (QED) is 0.730. The van der Waals surface area contributed by atoms with Gasteiger partial charge in [0.1, 0.15) is 11.6 Å². The lowest BCUT2D eigenvalue weighted by molar-refractivity contribution is -0.118. The largest absolute Gasteiger partial charge is 0.478 e. The normalized spacial score (nSPS) is 15.8. The van der Waals surface area contributed by atoms with Gasteiger partial charge in [0.05, 0.1) is 11.1 Å². The average molecular weight is 368 g/mol. The topological polar surface area (TPSA) is 87.7 Å². The SMILES string of the molecule is O=C(NCc1ccc(C(=O)O)cc1)C1=CC(F)=CNC1Oc1ccccc1. The lowest BCUT2D eigenvalue weighted by Gasteiger charge is -2.24. The van der Waals surface area contributed by atoms with E-state index in [4.69, 9.17) is 9.84 Å². The summed E-state index contributed by atoms with van der Waals surface area (Å²) in [5.41, 5.74) is 0.975. The van der Waals surface area contributed by atoms with Crippen LogP contribution in [-0.2, 0) is 11.3 Å². The number of carbonyl (C=O) groups is 2. The maximum absolute atomic E-state index is 13.6. The fourth-order valence-electron chi connectivity index (χ4n) is 2.48. The van der Waals surface area contributed by atoms with Gasteiger partial charge in [-0.1, -0.05) is 30.3 Å². The third-order valence-electron chi connectivity index (χ3n) is 3.86. The zero-order chi connectivity index (χ0) is 19.2. The third-order valence-corrected chi connectivity index (χ3v) is 3.86. The van der Waals surface area contributed by atoms with Crippen molar-refractivity contribution in [3.8, 4) is 5.75 Å². The zero-order valence-corrected chi connectivity index (χ0v) is 14.2. The zero-order valence-electron chi connectivity index (χ0n) is 14.2. The van der Waals surface area contributed by atoms with Gasteiger partial charge >= 0.3 is 5.97 Å². The van der Waals surface area contributed by atoms with E-state index in [0.717, 1.165) is 12.3 Å². The number of amides is 1. The van der Waals surface area contributed by atoms with Crippen molar-refractivity contribution in [2.24, 2.45) is 0 Å². The second kappa shape index (κ2) is 8.18. The molecule has 2 aromatic rings. The molecule has 3 rings (SSSR count). The molecule has 0 saturated heterocycles. The summed E-state index contributed by atoms with van der Waals surface area (Å²) in [6.45, 7) is 0.166. The van der Waals surface area contributed by atoms with Crippen molar-refractivity contribution in [2.45, 2.75) is 12.8 Å². The second-order valence-electron chi connectivity index (χ2n) is 5.79. The Morgan fingerprint density at radius 2 is 1.81 bits per heavy atom. The number of carboxylic acid groups (broad SMARTS) is 1. The molecular formula is C20H17FN2O4. The number of dihydropyridines is 1. The molecule has 1 atom stereocenters. The number of halogens is 1. The fraction of sp³-hybridized carbons (Fsp3) is 0.100. The maximum atomic E-state index is 13.6. The molecule has 1 heterocycles. The number of nitrogens with one attached hydrogen (secondary N) is 2. The molecule has 0 saturated carbocycles. The summed E-state index contributed by atoms with van der Waals surface area (Å²) >= 11 is 0. The Kier molecular flexibility index (Phi) is 5.51. The number of carbonyl (C=O) groups excluding carboxylic acids is 1. The summed E-state index contributed by atoms with van der Waals surface area (Å²) in [4.78, 5) is 23.4. The van der Waals surface area contributed by atoms with Crippen LogP contribution in [0.1, 0.15) is 15.9 Å². The van der Waals surface area contributed by atoms with Crippen LogP contribution in [0.25, 0.3) is 0 Å². The van der Waals surface area contributed by atoms with Crippen LogP contribution in [0.4, 0.5) is 4.39 Å². The number of allylic oxidation sites excluding steroid dienone is 2. The molecule has 2 aromatic carbocycles. The molecule has 27 heavy (non-hydrogen) atoms. The van der Waals surface area contributed by atoms with Crippen LogP contribution in [0.2, 0.25) is 0 Å². The third kappa shape index (κ3) is 4.72. The van der Waals surface area contributed by atoms with Gasteiger partial charge in [-0.05, 0) is 35.9 Å². The molecule has 138 valence electrons. The smallest absolute Gasteiger partial charge is 0.335 e. The van der Waals surface area contributed by atoms with E-state index in [1.54, 1.807) is 36.4 Å². The first kappa shape index (κ1) is 18.2. The Morgan fingerprint density at radius 1 is 1.11 bits per heavy atom. The van der Waals surface area contributed by atoms with Gasteiger partial charge in [-0.25, -0.2) is 9.18 Å². The van der Waals surface area contributed by atoms with Crippen LogP contribution >= 0.6 is 0 Å². The van der Waals surface area contributed by atoms with E-state index >= 15 is 0 Å². The van der Waals surface area contributed by atoms with Crippen molar-refractivity contribution in [2.75, 3.05) is 0 Å². The first-order valence-electron chi connectivity index (χ1n) is 8.18. The Labute approximate surface area is 155 Å². The van der Waals surface area contributed by atoms with Gasteiger partial charge < -0.3 is 20.5 Å². The second-order valence-corrected chi connectivity index (χ2v) is 5.79. The number of aromatic carboxylic acids is 1. The van der Waals surface area contributed by atoms with Crippen molar-refractivity contribution < 1.29 is 23.8 Å². The Bertz CT molecular complexity index is 892. The molecule has 0 aromatic heterocycles. The molecule has 1 aliphatic heterocycles. The highest BCUT2D eigenvalue weighted by Crippen LogP contribution is 2.19. The van der Waals surface area contributed by atoms with Crippen molar-refractivity contribution >= 4 is 11.9 Å². The number of rotatable bonds is 6. The standard InChI is InChI=1S/C20H17FN2O4/c21-15-10-17(19(23-12-15)27-16-4-2-1-3-5-16)18(24)22-11-13-6-8-14(9-7-13)20(25)26/h1-10,12,19,23H,11H2,(H,22,24)(H,25,26). The van der Waals surface area contributed by atoms with E-state index < -0.39 is 23.9 Å². The van der Waals surface area contributed by atoms with Crippen LogP contribution in [0.3, 0.4) is 0 Å². The molecule has 0 aliphatic carbocycles. The van der Waals surface area contributed by atoms with Crippen molar-refractivity contribution in [3.63, 3.8) is 0 Å². The van der Waals surface area contributed by atoms with Crippen LogP contribution in [0.5, 0.6) is 5.75 Å². The minimum atomic E-state index is -1.02. The molecule has 1 unspecified atom stereocenters. The first-order valence-corrected chi connectivity index (χ1v) is 8.18. The Morgan fingerprint density at radius 3 is 2.48 bits per heavy atom. The Hall–Kier alpha value is -3.61. The van der Waals surface area contributed by atoms with Crippen molar-refractivity contribution in [1.29, 1.82) is 0 Å². The minimum absolute atomic E-state index is 0.0982. The number of para-hydroxylation sites is 1. The molecule has 3 N–H and O–H groups in total. The number of benzene rings is 2. The van der Waals surface area contributed by atoms with Gasteiger partial charge in [-0.2, -0.15) is 0 Å². The van der Waals surface area contributed by atoms with Gasteiger partial charge in [0.25, 0.3) is 5.91 Å². The lowest BCUT2D eigenvalue weighted by atomic mass is 10.1. The van der Waals surface area contributed by atoms with Crippen molar-refractivity contribution in [3.05, 3.63) is 89.4 Å². The maximum Gasteiger partial charge on any atom is 0.335 e. The molecule has 0 bridgehead atoms. The Balaban J connectivity index is 1.66. The van der Waals surface area contributed by atoms with Gasteiger partial charge in [0, 0.05) is 12.7 Å². The number of hydrogen-bond donors (Lipinski definition) is 3. The molecule has 1 amide bonds. The number of carboxylic acids is 1. The molecule has 7 heteroatoms. The summed E-state index contributed by atoms with van der Waals surface area (Å²) in [6, 6.07) is 15.0. The van der Waals surface area contributed by atoms with Crippen molar-refractivity contribution in [1.82, 2.24) is 10.6 Å². The first-order chi connectivity index (χ1) is 13.0. The fourth-order valence-corrected chi connectivity index (χ4v) is 2.48. The summed E-state index contributed by atoms with van der Waals surface area (Å²) < 4.78 is 19.3. The molecule has 1 aliphatic rings. The summed E-state index contributed by atoms with van der Waals surface area (Å²) in [5, 5.41) is 14.3. The predicted octanol–water partition coefficient (Wildman–Crippen LogP) is 2.75. The van der Waals surface area contributed by atoms with E-state index in [1.165, 1.54) is 12.1 Å². The minimum Gasteiger partial charge on any atom is -0.478 e. The van der Waals surface area contributed by atoms with Crippen LogP contribution in [0, 0.1) is 0 Å². The summed E-state index contributed by atoms with van der Waals surface area (Å²) in [5.74, 6) is -1.56. The molecular weight excluding hydrogens is 351 g/mol. The molecule has 0 spiro atoms. The van der Waals surface area contributed by atoms with E-state index in [-0.39, 0.29) is 17.7 Å². The highest BCUT2D eigenvalue weighted by molar-refractivity contribution is 5.95. The lowest BCUT2D eigenvalue weighted by Crippen LogP contribution is -2.41. The van der Waals surface area contributed by atoms with E-state index in [1.807, 2.05) is 6.07 Å². The monoisotopic (exact) mass is 368 g/mol. The van der Waals surface area contributed by atoms with Gasteiger partial charge in [0.15, 0.2) is 0 Å².